The van der Waals surface area contributed by atoms with Gasteiger partial charge in [0.25, 0.3) is 0 Å². The van der Waals surface area contributed by atoms with E-state index < -0.39 is 0 Å². The predicted molar refractivity (Wildman–Crippen MR) is 75.2 cm³/mol. The van der Waals surface area contributed by atoms with Gasteiger partial charge >= 0.3 is 5.97 Å². The SMILES string of the molecule is COC(=O)c1ccc(CNC(=O)[C@H]2CCCNC2)cc1. The lowest BCUT2D eigenvalue weighted by Crippen LogP contribution is -2.40. The number of rotatable bonds is 4. The summed E-state index contributed by atoms with van der Waals surface area (Å²) in [5.41, 5.74) is 1.48. The number of amides is 1. The van der Waals surface area contributed by atoms with E-state index in [1.807, 2.05) is 12.1 Å². The van der Waals surface area contributed by atoms with Crippen LogP contribution in [0.4, 0.5) is 0 Å². The van der Waals surface area contributed by atoms with E-state index >= 15 is 0 Å². The molecule has 0 radical (unpaired) electrons. The van der Waals surface area contributed by atoms with E-state index in [4.69, 9.17) is 0 Å². The highest BCUT2D eigenvalue weighted by molar-refractivity contribution is 5.89. The Labute approximate surface area is 118 Å². The summed E-state index contributed by atoms with van der Waals surface area (Å²) in [7, 11) is 1.36. The molecule has 20 heavy (non-hydrogen) atoms. The molecule has 1 heterocycles. The number of ether oxygens (including phenoxy) is 1. The Morgan fingerprint density at radius 1 is 1.35 bits per heavy atom. The zero-order chi connectivity index (χ0) is 14.4. The third kappa shape index (κ3) is 3.81. The van der Waals surface area contributed by atoms with Gasteiger partial charge in [0.2, 0.25) is 5.91 Å². The molecule has 0 unspecified atom stereocenters. The van der Waals surface area contributed by atoms with Crippen molar-refractivity contribution >= 4 is 11.9 Å². The summed E-state index contributed by atoms with van der Waals surface area (Å²) in [4.78, 5) is 23.3. The number of carbonyl (C=O) groups excluding carboxylic acids is 2. The Balaban J connectivity index is 1.84. The van der Waals surface area contributed by atoms with Crippen LogP contribution in [0, 0.1) is 5.92 Å². The second-order valence-electron chi connectivity index (χ2n) is 4.95. The first-order valence-corrected chi connectivity index (χ1v) is 6.86. The summed E-state index contributed by atoms with van der Waals surface area (Å²) in [6, 6.07) is 7.06. The minimum atomic E-state index is -0.353. The Morgan fingerprint density at radius 3 is 2.70 bits per heavy atom. The van der Waals surface area contributed by atoms with Gasteiger partial charge in [-0.05, 0) is 37.1 Å². The van der Waals surface area contributed by atoms with Crippen LogP contribution in [0.1, 0.15) is 28.8 Å². The van der Waals surface area contributed by atoms with Gasteiger partial charge in [-0.2, -0.15) is 0 Å². The number of methoxy groups -OCH3 is 1. The molecule has 108 valence electrons. The molecule has 0 aliphatic carbocycles. The Kier molecular flexibility index (Phi) is 5.12. The zero-order valence-corrected chi connectivity index (χ0v) is 11.6. The predicted octanol–water partition coefficient (Wildman–Crippen LogP) is 1.09. The summed E-state index contributed by atoms with van der Waals surface area (Å²) in [6.07, 6.45) is 1.99. The normalized spacial score (nSPS) is 18.4. The molecule has 5 heteroatoms. The first-order valence-electron chi connectivity index (χ1n) is 6.86. The van der Waals surface area contributed by atoms with Gasteiger partial charge in [-0.1, -0.05) is 12.1 Å². The van der Waals surface area contributed by atoms with Crippen LogP contribution in [-0.2, 0) is 16.1 Å². The number of hydrogen-bond acceptors (Lipinski definition) is 4. The second kappa shape index (κ2) is 7.05. The quantitative estimate of drug-likeness (QED) is 0.808. The van der Waals surface area contributed by atoms with Crippen molar-refractivity contribution in [1.29, 1.82) is 0 Å². The lowest BCUT2D eigenvalue weighted by molar-refractivity contribution is -0.125. The fourth-order valence-electron chi connectivity index (χ4n) is 2.29. The molecule has 0 aromatic heterocycles. The van der Waals surface area contributed by atoms with Crippen LogP contribution in [-0.4, -0.2) is 32.1 Å². The van der Waals surface area contributed by atoms with Gasteiger partial charge < -0.3 is 15.4 Å². The first-order chi connectivity index (χ1) is 9.70. The molecule has 1 fully saturated rings. The average molecular weight is 276 g/mol. The van der Waals surface area contributed by atoms with E-state index in [9.17, 15) is 9.59 Å². The van der Waals surface area contributed by atoms with Gasteiger partial charge in [-0.25, -0.2) is 4.79 Å². The number of benzene rings is 1. The fourth-order valence-corrected chi connectivity index (χ4v) is 2.29. The third-order valence-electron chi connectivity index (χ3n) is 3.51. The van der Waals surface area contributed by atoms with Crippen molar-refractivity contribution < 1.29 is 14.3 Å². The van der Waals surface area contributed by atoms with Crippen LogP contribution < -0.4 is 10.6 Å². The molecule has 0 spiro atoms. The molecule has 2 N–H and O–H groups in total. The topological polar surface area (TPSA) is 67.4 Å². The van der Waals surface area contributed by atoms with E-state index in [1.54, 1.807) is 12.1 Å². The highest BCUT2D eigenvalue weighted by Crippen LogP contribution is 2.10. The maximum Gasteiger partial charge on any atom is 0.337 e. The number of esters is 1. The first kappa shape index (κ1) is 14.5. The van der Waals surface area contributed by atoms with E-state index in [1.165, 1.54) is 7.11 Å². The molecule has 1 aromatic carbocycles. The molecule has 1 aromatic rings. The van der Waals surface area contributed by atoms with Crippen LogP contribution in [0.5, 0.6) is 0 Å². The molecule has 0 bridgehead atoms. The van der Waals surface area contributed by atoms with Crippen LogP contribution in [0.25, 0.3) is 0 Å². The average Bonchev–Trinajstić information content (AvgIpc) is 2.53. The third-order valence-corrected chi connectivity index (χ3v) is 3.51. The Hall–Kier alpha value is -1.88. The molecule has 1 aliphatic heterocycles. The van der Waals surface area contributed by atoms with Crippen molar-refractivity contribution in [2.75, 3.05) is 20.2 Å². The fraction of sp³-hybridized carbons (Fsp3) is 0.467. The Bertz CT molecular complexity index is 465. The minimum absolute atomic E-state index is 0.0677. The lowest BCUT2D eigenvalue weighted by Gasteiger charge is -2.21. The van der Waals surface area contributed by atoms with Crippen molar-refractivity contribution in [3.05, 3.63) is 35.4 Å². The number of carbonyl (C=O) groups is 2. The monoisotopic (exact) mass is 276 g/mol. The van der Waals surface area contributed by atoms with Gasteiger partial charge in [0.05, 0.1) is 18.6 Å². The number of nitrogens with one attached hydrogen (secondary N) is 2. The Morgan fingerprint density at radius 2 is 2.10 bits per heavy atom. The van der Waals surface area contributed by atoms with E-state index in [2.05, 4.69) is 15.4 Å². The summed E-state index contributed by atoms with van der Waals surface area (Å²) < 4.78 is 4.64. The van der Waals surface area contributed by atoms with Gasteiger partial charge in [0.1, 0.15) is 0 Å². The largest absolute Gasteiger partial charge is 0.465 e. The summed E-state index contributed by atoms with van der Waals surface area (Å²) in [5.74, 6) is -0.193. The second-order valence-corrected chi connectivity index (χ2v) is 4.95. The molecular weight excluding hydrogens is 256 g/mol. The molecule has 1 atom stereocenters. The summed E-state index contributed by atoms with van der Waals surface area (Å²) in [5, 5.41) is 6.16. The van der Waals surface area contributed by atoms with Crippen LogP contribution >= 0.6 is 0 Å². The maximum absolute atomic E-state index is 12.0. The number of piperidine rings is 1. The summed E-state index contributed by atoms with van der Waals surface area (Å²) in [6.45, 7) is 2.24. The highest BCUT2D eigenvalue weighted by Gasteiger charge is 2.20. The van der Waals surface area contributed by atoms with Crippen LogP contribution in [0.3, 0.4) is 0 Å². The molecule has 1 saturated heterocycles. The summed E-state index contributed by atoms with van der Waals surface area (Å²) >= 11 is 0. The van der Waals surface area contributed by atoms with Crippen LogP contribution in [0.15, 0.2) is 24.3 Å². The van der Waals surface area contributed by atoms with Gasteiger partial charge in [0.15, 0.2) is 0 Å². The van der Waals surface area contributed by atoms with Crippen molar-refractivity contribution in [3.8, 4) is 0 Å². The van der Waals surface area contributed by atoms with Gasteiger partial charge in [-0.3, -0.25) is 4.79 Å². The van der Waals surface area contributed by atoms with Crippen molar-refractivity contribution in [1.82, 2.24) is 10.6 Å². The van der Waals surface area contributed by atoms with Crippen molar-refractivity contribution in [2.24, 2.45) is 5.92 Å². The molecule has 0 saturated carbocycles. The van der Waals surface area contributed by atoms with E-state index in [0.29, 0.717) is 12.1 Å². The molecule has 5 nitrogen and oxygen atoms in total. The smallest absolute Gasteiger partial charge is 0.337 e. The van der Waals surface area contributed by atoms with Crippen molar-refractivity contribution in [2.45, 2.75) is 19.4 Å². The van der Waals surface area contributed by atoms with Gasteiger partial charge in [-0.15, -0.1) is 0 Å². The van der Waals surface area contributed by atoms with Gasteiger partial charge in [0, 0.05) is 13.1 Å². The number of hydrogen-bond donors (Lipinski definition) is 2. The highest BCUT2D eigenvalue weighted by atomic mass is 16.5. The van der Waals surface area contributed by atoms with E-state index in [-0.39, 0.29) is 17.8 Å². The van der Waals surface area contributed by atoms with Crippen LogP contribution in [0.2, 0.25) is 0 Å². The molecular formula is C15H20N2O3. The molecule has 1 aliphatic rings. The standard InChI is InChI=1S/C15H20N2O3/c1-20-15(19)12-6-4-11(5-7-12)9-17-14(18)13-3-2-8-16-10-13/h4-7,13,16H,2-3,8-10H2,1H3,(H,17,18)/t13-/m0/s1. The zero-order valence-electron chi connectivity index (χ0n) is 11.6. The molecule has 1 amide bonds. The van der Waals surface area contributed by atoms with E-state index in [0.717, 1.165) is 31.5 Å². The molecule has 2 rings (SSSR count). The lowest BCUT2D eigenvalue weighted by atomic mass is 9.99. The minimum Gasteiger partial charge on any atom is -0.465 e. The van der Waals surface area contributed by atoms with Crippen molar-refractivity contribution in [3.63, 3.8) is 0 Å². The maximum atomic E-state index is 12.0.